The second-order valence-corrected chi connectivity index (χ2v) is 3.63. The maximum atomic E-state index is 8.91. The van der Waals surface area contributed by atoms with Crippen LogP contribution < -0.4 is 0 Å². The molecule has 3 nitrogen and oxygen atoms in total. The second-order valence-electron chi connectivity index (χ2n) is 3.63. The molecule has 1 N–H and O–H groups in total. The summed E-state index contributed by atoms with van der Waals surface area (Å²) in [4.78, 5) is 2.36. The van der Waals surface area contributed by atoms with Gasteiger partial charge in [0.05, 0.1) is 13.2 Å². The number of aliphatic hydroxyl groups excluding tert-OH is 1. The van der Waals surface area contributed by atoms with Crippen molar-refractivity contribution in [3.05, 3.63) is 0 Å². The molecule has 1 rings (SSSR count). The van der Waals surface area contributed by atoms with Gasteiger partial charge < -0.3 is 9.84 Å². The van der Waals surface area contributed by atoms with Crippen LogP contribution in [-0.2, 0) is 4.74 Å². The molecule has 13 heavy (non-hydrogen) atoms. The van der Waals surface area contributed by atoms with Gasteiger partial charge in [-0.2, -0.15) is 0 Å². The first-order valence-corrected chi connectivity index (χ1v) is 5.31. The van der Waals surface area contributed by atoms with E-state index in [0.717, 1.165) is 32.7 Å². The number of ether oxygens (including phenoxy) is 1. The fourth-order valence-corrected chi connectivity index (χ4v) is 1.78. The van der Waals surface area contributed by atoms with E-state index in [2.05, 4.69) is 11.8 Å². The first kappa shape index (κ1) is 11.0. The molecule has 1 atom stereocenters. The molecular weight excluding hydrogens is 166 g/mol. The van der Waals surface area contributed by atoms with E-state index in [0.29, 0.717) is 6.04 Å². The van der Waals surface area contributed by atoms with Crippen molar-refractivity contribution >= 4 is 0 Å². The van der Waals surface area contributed by atoms with Crippen molar-refractivity contribution in [2.75, 3.05) is 32.9 Å². The lowest BCUT2D eigenvalue weighted by Gasteiger charge is -2.26. The lowest BCUT2D eigenvalue weighted by molar-refractivity contribution is 0.122. The number of hydrogen-bond acceptors (Lipinski definition) is 3. The van der Waals surface area contributed by atoms with Gasteiger partial charge in [0.1, 0.15) is 0 Å². The summed E-state index contributed by atoms with van der Waals surface area (Å²) < 4.78 is 5.34. The van der Waals surface area contributed by atoms with Gasteiger partial charge in [0.25, 0.3) is 0 Å². The van der Waals surface area contributed by atoms with Crippen molar-refractivity contribution in [2.45, 2.75) is 32.2 Å². The third-order valence-electron chi connectivity index (χ3n) is 2.61. The topological polar surface area (TPSA) is 32.7 Å². The maximum absolute atomic E-state index is 8.91. The Labute approximate surface area is 80.7 Å². The molecule has 3 heteroatoms. The van der Waals surface area contributed by atoms with Gasteiger partial charge >= 0.3 is 0 Å². The minimum Gasteiger partial charge on any atom is -0.395 e. The van der Waals surface area contributed by atoms with Crippen LogP contribution in [0.15, 0.2) is 0 Å². The number of unbranched alkanes of at least 4 members (excludes halogenated alkanes) is 1. The van der Waals surface area contributed by atoms with Crippen LogP contribution in [-0.4, -0.2) is 49.0 Å². The number of aliphatic hydroxyl groups is 1. The molecule has 0 spiro atoms. The molecule has 0 aromatic heterocycles. The predicted octanol–water partition coefficient (Wildman–Crippen LogP) is 0.870. The SMILES string of the molecule is CCCCN(CCO)C1CCOC1. The highest BCUT2D eigenvalue weighted by atomic mass is 16.5. The van der Waals surface area contributed by atoms with Crippen LogP contribution in [0, 0.1) is 0 Å². The van der Waals surface area contributed by atoms with Gasteiger partial charge in [-0.15, -0.1) is 0 Å². The Balaban J connectivity index is 2.26. The molecule has 0 aromatic carbocycles. The second kappa shape index (κ2) is 6.35. The highest BCUT2D eigenvalue weighted by Crippen LogP contribution is 2.12. The van der Waals surface area contributed by atoms with E-state index in [1.165, 1.54) is 12.8 Å². The summed E-state index contributed by atoms with van der Waals surface area (Å²) in [5.41, 5.74) is 0. The van der Waals surface area contributed by atoms with Crippen LogP contribution in [0.2, 0.25) is 0 Å². The molecule has 0 saturated carbocycles. The van der Waals surface area contributed by atoms with Crippen LogP contribution in [0.25, 0.3) is 0 Å². The molecule has 0 aromatic rings. The smallest absolute Gasteiger partial charge is 0.0622 e. The van der Waals surface area contributed by atoms with E-state index < -0.39 is 0 Å². The lowest BCUT2D eigenvalue weighted by Crippen LogP contribution is -2.38. The fraction of sp³-hybridized carbons (Fsp3) is 1.00. The van der Waals surface area contributed by atoms with Gasteiger partial charge in [-0.3, -0.25) is 4.90 Å². The first-order valence-electron chi connectivity index (χ1n) is 5.31. The van der Waals surface area contributed by atoms with Crippen LogP contribution in [0.4, 0.5) is 0 Å². The Morgan fingerprint density at radius 1 is 1.46 bits per heavy atom. The molecule has 0 aliphatic carbocycles. The zero-order chi connectivity index (χ0) is 9.52. The molecule has 0 bridgehead atoms. The van der Waals surface area contributed by atoms with E-state index in [4.69, 9.17) is 9.84 Å². The van der Waals surface area contributed by atoms with Crippen molar-refractivity contribution in [2.24, 2.45) is 0 Å². The molecule has 0 radical (unpaired) electrons. The third kappa shape index (κ3) is 3.63. The Morgan fingerprint density at radius 2 is 2.31 bits per heavy atom. The Hall–Kier alpha value is -0.120. The Bertz CT molecular complexity index is 124. The van der Waals surface area contributed by atoms with Crippen molar-refractivity contribution < 1.29 is 9.84 Å². The van der Waals surface area contributed by atoms with Gasteiger partial charge in [0.15, 0.2) is 0 Å². The van der Waals surface area contributed by atoms with Crippen LogP contribution >= 0.6 is 0 Å². The highest BCUT2D eigenvalue weighted by Gasteiger charge is 2.21. The summed E-state index contributed by atoms with van der Waals surface area (Å²) in [5.74, 6) is 0. The summed E-state index contributed by atoms with van der Waals surface area (Å²) in [6.07, 6.45) is 3.57. The molecule has 1 saturated heterocycles. The largest absolute Gasteiger partial charge is 0.395 e. The monoisotopic (exact) mass is 187 g/mol. The first-order chi connectivity index (χ1) is 6.38. The fourth-order valence-electron chi connectivity index (χ4n) is 1.78. The van der Waals surface area contributed by atoms with Crippen molar-refractivity contribution in [3.63, 3.8) is 0 Å². The summed E-state index contributed by atoms with van der Waals surface area (Å²) in [6.45, 7) is 6.10. The van der Waals surface area contributed by atoms with Crippen LogP contribution in [0.3, 0.4) is 0 Å². The summed E-state index contributed by atoms with van der Waals surface area (Å²) in [7, 11) is 0. The number of hydrogen-bond donors (Lipinski definition) is 1. The minimum absolute atomic E-state index is 0.264. The summed E-state index contributed by atoms with van der Waals surface area (Å²) >= 11 is 0. The zero-order valence-electron chi connectivity index (χ0n) is 8.54. The van der Waals surface area contributed by atoms with Gasteiger partial charge in [-0.1, -0.05) is 13.3 Å². The van der Waals surface area contributed by atoms with E-state index in [-0.39, 0.29) is 6.61 Å². The zero-order valence-corrected chi connectivity index (χ0v) is 8.54. The Kier molecular flexibility index (Phi) is 5.35. The number of nitrogens with zero attached hydrogens (tertiary/aromatic N) is 1. The average Bonchev–Trinajstić information content (AvgIpc) is 2.65. The molecule has 1 heterocycles. The predicted molar refractivity (Wildman–Crippen MR) is 52.8 cm³/mol. The van der Waals surface area contributed by atoms with Crippen LogP contribution in [0.5, 0.6) is 0 Å². The maximum Gasteiger partial charge on any atom is 0.0622 e. The molecule has 1 unspecified atom stereocenters. The lowest BCUT2D eigenvalue weighted by atomic mass is 10.2. The van der Waals surface area contributed by atoms with Crippen molar-refractivity contribution in [1.82, 2.24) is 4.90 Å². The van der Waals surface area contributed by atoms with Gasteiger partial charge in [-0.25, -0.2) is 0 Å². The Morgan fingerprint density at radius 3 is 2.85 bits per heavy atom. The van der Waals surface area contributed by atoms with Crippen LogP contribution in [0.1, 0.15) is 26.2 Å². The highest BCUT2D eigenvalue weighted by molar-refractivity contribution is 4.75. The van der Waals surface area contributed by atoms with E-state index in [1.807, 2.05) is 0 Å². The standard InChI is InChI=1S/C10H21NO2/c1-2-3-5-11(6-7-12)10-4-8-13-9-10/h10,12H,2-9H2,1H3. The molecule has 1 fully saturated rings. The van der Waals surface area contributed by atoms with Gasteiger partial charge in [0, 0.05) is 19.2 Å². The van der Waals surface area contributed by atoms with Gasteiger partial charge in [0.2, 0.25) is 0 Å². The van der Waals surface area contributed by atoms with E-state index in [1.54, 1.807) is 0 Å². The quantitative estimate of drug-likeness (QED) is 0.669. The van der Waals surface area contributed by atoms with E-state index in [9.17, 15) is 0 Å². The van der Waals surface area contributed by atoms with Crippen molar-refractivity contribution in [3.8, 4) is 0 Å². The number of rotatable bonds is 6. The van der Waals surface area contributed by atoms with Gasteiger partial charge in [-0.05, 0) is 19.4 Å². The average molecular weight is 187 g/mol. The van der Waals surface area contributed by atoms with Crippen molar-refractivity contribution in [1.29, 1.82) is 0 Å². The van der Waals surface area contributed by atoms with E-state index >= 15 is 0 Å². The normalized spacial score (nSPS) is 22.8. The molecule has 1 aliphatic heterocycles. The third-order valence-corrected chi connectivity index (χ3v) is 2.61. The molecule has 1 aliphatic rings. The molecule has 0 amide bonds. The summed E-state index contributed by atoms with van der Waals surface area (Å²) in [6, 6.07) is 0.554. The minimum atomic E-state index is 0.264. The molecular formula is C10H21NO2. The molecule has 78 valence electrons. The summed E-state index contributed by atoms with van der Waals surface area (Å²) in [5, 5.41) is 8.91.